The van der Waals surface area contributed by atoms with Crippen LogP contribution < -0.4 is 24.6 Å². The molecule has 9 nitrogen and oxygen atoms in total. The van der Waals surface area contributed by atoms with Crippen LogP contribution >= 0.6 is 0 Å². The van der Waals surface area contributed by atoms with Crippen LogP contribution in [-0.4, -0.2) is 59.8 Å². The first-order valence-corrected chi connectivity index (χ1v) is 9.45. The minimum atomic E-state index is -0.606. The Bertz CT molecular complexity index is 897. The number of nitro benzene ring substituents is 1. The molecular formula is C21H29N4O5+. The van der Waals surface area contributed by atoms with Crippen molar-refractivity contribution < 1.29 is 24.1 Å². The molecule has 0 aliphatic rings. The molecule has 0 fully saturated rings. The highest BCUT2D eigenvalue weighted by molar-refractivity contribution is 5.99. The van der Waals surface area contributed by atoms with Gasteiger partial charge in [0.15, 0.2) is 11.5 Å². The Hall–Kier alpha value is -3.33. The third-order valence-electron chi connectivity index (χ3n) is 4.92. The summed E-state index contributed by atoms with van der Waals surface area (Å²) >= 11 is 0. The highest BCUT2D eigenvalue weighted by atomic mass is 16.6. The maximum Gasteiger partial charge on any atom is 0.286 e. The van der Waals surface area contributed by atoms with Crippen molar-refractivity contribution in [2.45, 2.75) is 6.04 Å². The molecule has 0 spiro atoms. The highest BCUT2D eigenvalue weighted by Gasteiger charge is 2.26. The van der Waals surface area contributed by atoms with Gasteiger partial charge in [0.05, 0.1) is 45.8 Å². The van der Waals surface area contributed by atoms with Crippen LogP contribution in [0.4, 0.5) is 11.4 Å². The van der Waals surface area contributed by atoms with Gasteiger partial charge in [0.1, 0.15) is 11.6 Å². The summed E-state index contributed by atoms with van der Waals surface area (Å²) in [6, 6.07) is 10.6. The molecule has 0 aliphatic carbocycles. The normalized spacial score (nSPS) is 11.7. The number of rotatable bonds is 9. The minimum Gasteiger partial charge on any atom is -0.493 e. The van der Waals surface area contributed by atoms with E-state index < -0.39 is 10.8 Å². The quantitative estimate of drug-likeness (QED) is 0.471. The Kier molecular flexibility index (Phi) is 7.60. The van der Waals surface area contributed by atoms with Gasteiger partial charge in [-0.3, -0.25) is 14.9 Å². The van der Waals surface area contributed by atoms with Crippen LogP contribution in [-0.2, 0) is 0 Å². The van der Waals surface area contributed by atoms with Crippen LogP contribution in [0.2, 0.25) is 0 Å². The predicted octanol–water partition coefficient (Wildman–Crippen LogP) is 1.29. The third-order valence-corrected chi connectivity index (χ3v) is 4.92. The monoisotopic (exact) mass is 417 g/mol. The Morgan fingerprint density at radius 1 is 1.13 bits per heavy atom. The van der Waals surface area contributed by atoms with Crippen molar-refractivity contribution in [1.82, 2.24) is 5.32 Å². The zero-order valence-electron chi connectivity index (χ0n) is 18.2. The molecule has 0 aliphatic heterocycles. The number of carbonyl (C=O) groups is 1. The van der Waals surface area contributed by atoms with E-state index in [1.54, 1.807) is 0 Å². The topological polar surface area (TPSA) is 98.4 Å². The van der Waals surface area contributed by atoms with Gasteiger partial charge < -0.3 is 24.6 Å². The summed E-state index contributed by atoms with van der Waals surface area (Å²) in [5.74, 6) is -0.0986. The number of likely N-dealkylation sites (N-methyl/N-ethyl adjacent to an activating group) is 1. The molecule has 0 bridgehead atoms. The first-order valence-electron chi connectivity index (χ1n) is 9.45. The summed E-state index contributed by atoms with van der Waals surface area (Å²) in [6.07, 6.45) is 0. The number of methoxy groups -OCH3 is 2. The van der Waals surface area contributed by atoms with Gasteiger partial charge in [-0.2, -0.15) is 0 Å². The predicted molar refractivity (Wildman–Crippen MR) is 115 cm³/mol. The number of benzene rings is 2. The lowest BCUT2D eigenvalue weighted by atomic mass is 10.0. The molecule has 0 saturated carbocycles. The van der Waals surface area contributed by atoms with Gasteiger partial charge >= 0.3 is 0 Å². The third kappa shape index (κ3) is 5.18. The van der Waals surface area contributed by atoms with Crippen molar-refractivity contribution in [1.29, 1.82) is 0 Å². The lowest BCUT2D eigenvalue weighted by molar-refractivity contribution is -0.890. The number of hydrogen-bond donors (Lipinski definition) is 2. The molecule has 0 saturated heterocycles. The van der Waals surface area contributed by atoms with Gasteiger partial charge in [-0.05, 0) is 12.1 Å². The maximum atomic E-state index is 12.8. The van der Waals surface area contributed by atoms with Gasteiger partial charge in [0.25, 0.3) is 11.6 Å². The summed E-state index contributed by atoms with van der Waals surface area (Å²) < 4.78 is 10.3. The van der Waals surface area contributed by atoms with Crippen LogP contribution in [0.5, 0.6) is 11.5 Å². The summed E-state index contributed by atoms with van der Waals surface area (Å²) in [7, 11) is 10.7. The zero-order chi connectivity index (χ0) is 22.4. The van der Waals surface area contributed by atoms with E-state index >= 15 is 0 Å². The summed E-state index contributed by atoms with van der Waals surface area (Å²) in [6.45, 7) is 0.313. The van der Waals surface area contributed by atoms with Gasteiger partial charge in [-0.1, -0.05) is 12.1 Å². The number of nitrogens with zero attached hydrogens (tertiary/aromatic N) is 2. The average molecular weight is 417 g/mol. The van der Waals surface area contributed by atoms with Crippen LogP contribution in [0.25, 0.3) is 0 Å². The molecule has 30 heavy (non-hydrogen) atoms. The number of quaternary nitrogens is 1. The van der Waals surface area contributed by atoms with E-state index in [4.69, 9.17) is 9.47 Å². The number of amides is 1. The second-order valence-electron chi connectivity index (χ2n) is 7.31. The molecule has 9 heteroatoms. The molecule has 2 rings (SSSR count). The van der Waals surface area contributed by atoms with E-state index in [2.05, 4.69) is 5.32 Å². The van der Waals surface area contributed by atoms with Gasteiger partial charge in [-0.25, -0.2) is 0 Å². The molecule has 162 valence electrons. The van der Waals surface area contributed by atoms with Gasteiger partial charge in [0.2, 0.25) is 0 Å². The highest BCUT2D eigenvalue weighted by Crippen LogP contribution is 2.34. The largest absolute Gasteiger partial charge is 0.493 e. The number of nitrogens with one attached hydrogen (secondary N) is 2. The van der Waals surface area contributed by atoms with Gasteiger partial charge in [0, 0.05) is 31.4 Å². The molecule has 2 N–H and O–H groups in total. The molecule has 1 atom stereocenters. The van der Waals surface area contributed by atoms with Crippen LogP contribution in [0.3, 0.4) is 0 Å². The summed E-state index contributed by atoms with van der Waals surface area (Å²) in [5.41, 5.74) is 1.72. The van der Waals surface area contributed by atoms with Crippen LogP contribution in [0, 0.1) is 10.1 Å². The average Bonchev–Trinajstić information content (AvgIpc) is 2.72. The fourth-order valence-electron chi connectivity index (χ4n) is 3.15. The van der Waals surface area contributed by atoms with Crippen molar-refractivity contribution in [2.75, 3.05) is 53.9 Å². The molecule has 2 aromatic carbocycles. The number of nitro groups is 1. The van der Waals surface area contributed by atoms with E-state index in [0.29, 0.717) is 6.54 Å². The first kappa shape index (κ1) is 23.0. The van der Waals surface area contributed by atoms with Crippen molar-refractivity contribution >= 4 is 17.3 Å². The number of ether oxygens (including phenoxy) is 2. The van der Waals surface area contributed by atoms with E-state index in [0.717, 1.165) is 16.2 Å². The van der Waals surface area contributed by atoms with E-state index in [-0.39, 0.29) is 28.8 Å². The summed E-state index contributed by atoms with van der Waals surface area (Å²) in [5, 5.41) is 14.3. The lowest BCUT2D eigenvalue weighted by Gasteiger charge is -2.23. The Balaban J connectivity index is 2.26. The van der Waals surface area contributed by atoms with Crippen molar-refractivity contribution in [3.8, 4) is 11.5 Å². The molecule has 0 radical (unpaired) electrons. The minimum absolute atomic E-state index is 0.0237. The van der Waals surface area contributed by atoms with Crippen LogP contribution in [0.1, 0.15) is 22.0 Å². The number of carbonyl (C=O) groups excluding carboxylic acids is 1. The fraction of sp³-hybridized carbons (Fsp3) is 0.381. The Labute approximate surface area is 176 Å². The standard InChI is InChI=1S/C21H28N4O5/c1-23(2)15-9-7-14(8-10-15)18(24(3)4)13-22-21(26)16-11-19(29-5)20(30-6)12-17(16)25(27)28/h7-12,18H,13H2,1-6H3,(H,22,26)/p+1/t18-/m1/s1. The second kappa shape index (κ2) is 9.93. The molecule has 0 aromatic heterocycles. The van der Waals surface area contributed by atoms with Crippen molar-refractivity contribution in [3.05, 3.63) is 57.6 Å². The Morgan fingerprint density at radius 2 is 1.70 bits per heavy atom. The van der Waals surface area contributed by atoms with Gasteiger partial charge in [-0.15, -0.1) is 0 Å². The zero-order valence-corrected chi connectivity index (χ0v) is 18.2. The van der Waals surface area contributed by atoms with E-state index in [9.17, 15) is 14.9 Å². The lowest BCUT2D eigenvalue weighted by Crippen LogP contribution is -3.07. The van der Waals surface area contributed by atoms with Crippen LogP contribution in [0.15, 0.2) is 36.4 Å². The SMILES string of the molecule is COc1cc(C(=O)NC[C@H](c2ccc(N(C)C)cc2)[NH+](C)C)c([N+](=O)[O-])cc1OC. The van der Waals surface area contributed by atoms with Crippen molar-refractivity contribution in [2.24, 2.45) is 0 Å². The molecule has 2 aromatic rings. The molecule has 0 heterocycles. The summed E-state index contributed by atoms with van der Waals surface area (Å²) in [4.78, 5) is 26.8. The fourth-order valence-corrected chi connectivity index (χ4v) is 3.15. The molecule has 0 unspecified atom stereocenters. The molecule has 1 amide bonds. The maximum absolute atomic E-state index is 12.8. The first-order chi connectivity index (χ1) is 14.2. The van der Waals surface area contributed by atoms with E-state index in [1.807, 2.05) is 57.4 Å². The van der Waals surface area contributed by atoms with E-state index in [1.165, 1.54) is 26.4 Å². The van der Waals surface area contributed by atoms with Crippen molar-refractivity contribution in [3.63, 3.8) is 0 Å². The Morgan fingerprint density at radius 3 is 2.17 bits per heavy atom. The molecular weight excluding hydrogens is 388 g/mol. The second-order valence-corrected chi connectivity index (χ2v) is 7.31. The number of anilines is 1. The smallest absolute Gasteiger partial charge is 0.286 e. The number of hydrogen-bond acceptors (Lipinski definition) is 6.